The molecule has 0 aliphatic rings. The summed E-state index contributed by atoms with van der Waals surface area (Å²) < 4.78 is 4.65. The zero-order valence-electron chi connectivity index (χ0n) is 10.5. The lowest BCUT2D eigenvalue weighted by Crippen LogP contribution is -2.21. The van der Waals surface area contributed by atoms with Gasteiger partial charge in [0, 0.05) is 6.54 Å². The summed E-state index contributed by atoms with van der Waals surface area (Å²) in [5.41, 5.74) is 7.22. The predicted molar refractivity (Wildman–Crippen MR) is 67.8 cm³/mol. The molecule has 0 saturated heterocycles. The molecule has 0 bridgehead atoms. The third-order valence-corrected chi connectivity index (χ3v) is 2.57. The van der Waals surface area contributed by atoms with Crippen molar-refractivity contribution < 1.29 is 9.53 Å². The number of nitrogens with two attached hydrogens (primary N) is 1. The van der Waals surface area contributed by atoms with E-state index in [0.717, 1.165) is 19.5 Å². The van der Waals surface area contributed by atoms with Crippen molar-refractivity contribution in [3.8, 4) is 0 Å². The smallest absolute Gasteiger partial charge is 0.337 e. The van der Waals surface area contributed by atoms with Crippen molar-refractivity contribution in [1.82, 2.24) is 4.90 Å². The van der Waals surface area contributed by atoms with Gasteiger partial charge >= 0.3 is 5.97 Å². The van der Waals surface area contributed by atoms with Crippen LogP contribution in [0.15, 0.2) is 24.3 Å². The number of rotatable bonds is 6. The van der Waals surface area contributed by atoms with Gasteiger partial charge in [0.1, 0.15) is 0 Å². The van der Waals surface area contributed by atoms with Crippen LogP contribution < -0.4 is 5.73 Å². The van der Waals surface area contributed by atoms with Crippen LogP contribution in [0.2, 0.25) is 0 Å². The number of carbonyl (C=O) groups excluding carboxylic acids is 1. The fourth-order valence-electron chi connectivity index (χ4n) is 1.62. The summed E-state index contributed by atoms with van der Waals surface area (Å²) in [4.78, 5) is 13.5. The Kier molecular flexibility index (Phi) is 5.66. The molecule has 4 nitrogen and oxygen atoms in total. The first-order chi connectivity index (χ1) is 8.17. The van der Waals surface area contributed by atoms with Gasteiger partial charge in [-0.25, -0.2) is 4.79 Å². The van der Waals surface area contributed by atoms with Gasteiger partial charge in [0.25, 0.3) is 0 Å². The van der Waals surface area contributed by atoms with Crippen LogP contribution in [-0.2, 0) is 11.3 Å². The van der Waals surface area contributed by atoms with Crippen LogP contribution in [0.1, 0.15) is 22.3 Å². The lowest BCUT2D eigenvalue weighted by molar-refractivity contribution is 0.0600. The highest BCUT2D eigenvalue weighted by atomic mass is 16.5. The van der Waals surface area contributed by atoms with Crippen molar-refractivity contribution in [2.75, 3.05) is 27.2 Å². The van der Waals surface area contributed by atoms with Gasteiger partial charge in [-0.15, -0.1) is 0 Å². The third-order valence-electron chi connectivity index (χ3n) is 2.57. The van der Waals surface area contributed by atoms with Crippen molar-refractivity contribution in [2.45, 2.75) is 13.0 Å². The molecule has 0 atom stereocenters. The lowest BCUT2D eigenvalue weighted by atomic mass is 10.1. The minimum Gasteiger partial charge on any atom is -0.465 e. The number of methoxy groups -OCH3 is 1. The van der Waals surface area contributed by atoms with E-state index in [1.165, 1.54) is 12.7 Å². The average molecular weight is 236 g/mol. The Hall–Kier alpha value is -1.39. The Morgan fingerprint density at radius 1 is 1.35 bits per heavy atom. The Balaban J connectivity index is 2.53. The van der Waals surface area contributed by atoms with E-state index in [1.807, 2.05) is 12.1 Å². The Bertz CT molecular complexity index is 349. The SMILES string of the molecule is COC(=O)c1ccc(CN(C)CCCN)cc1. The van der Waals surface area contributed by atoms with Crippen LogP contribution in [0.4, 0.5) is 0 Å². The molecular weight excluding hydrogens is 216 g/mol. The van der Waals surface area contributed by atoms with Gasteiger partial charge in [0.05, 0.1) is 12.7 Å². The summed E-state index contributed by atoms with van der Waals surface area (Å²) in [5, 5.41) is 0. The highest BCUT2D eigenvalue weighted by molar-refractivity contribution is 5.89. The first-order valence-electron chi connectivity index (χ1n) is 5.73. The minimum absolute atomic E-state index is 0.298. The summed E-state index contributed by atoms with van der Waals surface area (Å²) >= 11 is 0. The maximum atomic E-state index is 11.2. The maximum absolute atomic E-state index is 11.2. The van der Waals surface area contributed by atoms with Gasteiger partial charge in [-0.3, -0.25) is 0 Å². The summed E-state index contributed by atoms with van der Waals surface area (Å²) in [7, 11) is 3.45. The summed E-state index contributed by atoms with van der Waals surface area (Å²) in [5.74, 6) is -0.298. The molecule has 1 rings (SSSR count). The molecule has 0 aromatic heterocycles. The molecule has 0 aliphatic heterocycles. The monoisotopic (exact) mass is 236 g/mol. The van der Waals surface area contributed by atoms with Crippen molar-refractivity contribution in [3.05, 3.63) is 35.4 Å². The number of carbonyl (C=O) groups is 1. The van der Waals surface area contributed by atoms with Gasteiger partial charge in [-0.1, -0.05) is 12.1 Å². The molecular formula is C13H20N2O2. The quantitative estimate of drug-likeness (QED) is 0.755. The van der Waals surface area contributed by atoms with Crippen LogP contribution in [0.5, 0.6) is 0 Å². The fraction of sp³-hybridized carbons (Fsp3) is 0.462. The number of hydrogen-bond acceptors (Lipinski definition) is 4. The van der Waals surface area contributed by atoms with E-state index < -0.39 is 0 Å². The van der Waals surface area contributed by atoms with Gasteiger partial charge in [-0.2, -0.15) is 0 Å². The van der Waals surface area contributed by atoms with E-state index in [2.05, 4.69) is 16.7 Å². The van der Waals surface area contributed by atoms with Crippen LogP contribution in [-0.4, -0.2) is 38.1 Å². The van der Waals surface area contributed by atoms with Gasteiger partial charge in [-0.05, 0) is 44.3 Å². The van der Waals surface area contributed by atoms with Crippen LogP contribution in [0.3, 0.4) is 0 Å². The van der Waals surface area contributed by atoms with Crippen molar-refractivity contribution in [1.29, 1.82) is 0 Å². The number of hydrogen-bond donors (Lipinski definition) is 1. The van der Waals surface area contributed by atoms with Crippen LogP contribution in [0.25, 0.3) is 0 Å². The van der Waals surface area contributed by atoms with Gasteiger partial charge in [0.2, 0.25) is 0 Å². The van der Waals surface area contributed by atoms with E-state index in [9.17, 15) is 4.79 Å². The topological polar surface area (TPSA) is 55.6 Å². The highest BCUT2D eigenvalue weighted by Gasteiger charge is 2.05. The second-order valence-corrected chi connectivity index (χ2v) is 4.07. The average Bonchev–Trinajstić information content (AvgIpc) is 2.36. The number of esters is 1. The molecule has 1 aromatic rings. The van der Waals surface area contributed by atoms with Crippen molar-refractivity contribution in [2.24, 2.45) is 5.73 Å². The minimum atomic E-state index is -0.298. The van der Waals surface area contributed by atoms with Gasteiger partial charge < -0.3 is 15.4 Å². The molecule has 1 aromatic carbocycles. The van der Waals surface area contributed by atoms with E-state index >= 15 is 0 Å². The second-order valence-electron chi connectivity index (χ2n) is 4.07. The standard InChI is InChI=1S/C13H20N2O2/c1-15(9-3-8-14)10-11-4-6-12(7-5-11)13(16)17-2/h4-7H,3,8-10,14H2,1-2H3. The molecule has 0 fully saturated rings. The molecule has 0 saturated carbocycles. The summed E-state index contributed by atoms with van der Waals surface area (Å²) in [6.45, 7) is 2.56. The van der Waals surface area contributed by atoms with E-state index in [0.29, 0.717) is 12.1 Å². The van der Waals surface area contributed by atoms with Crippen LogP contribution in [0, 0.1) is 0 Å². The normalized spacial score (nSPS) is 10.6. The molecule has 4 heteroatoms. The van der Waals surface area contributed by atoms with Crippen molar-refractivity contribution >= 4 is 5.97 Å². The zero-order valence-corrected chi connectivity index (χ0v) is 10.5. The van der Waals surface area contributed by atoms with Crippen molar-refractivity contribution in [3.63, 3.8) is 0 Å². The molecule has 94 valence electrons. The lowest BCUT2D eigenvalue weighted by Gasteiger charge is -2.16. The molecule has 2 N–H and O–H groups in total. The largest absolute Gasteiger partial charge is 0.465 e. The second kappa shape index (κ2) is 7.04. The molecule has 0 radical (unpaired) electrons. The van der Waals surface area contributed by atoms with E-state index in [4.69, 9.17) is 5.73 Å². The Morgan fingerprint density at radius 3 is 2.53 bits per heavy atom. The molecule has 0 heterocycles. The highest BCUT2D eigenvalue weighted by Crippen LogP contribution is 2.07. The third kappa shape index (κ3) is 4.54. The molecule has 0 aliphatic carbocycles. The Labute approximate surface area is 102 Å². The number of nitrogens with zero attached hydrogens (tertiary/aromatic N) is 1. The molecule has 17 heavy (non-hydrogen) atoms. The fourth-order valence-corrected chi connectivity index (χ4v) is 1.62. The first kappa shape index (κ1) is 13.7. The zero-order chi connectivity index (χ0) is 12.7. The predicted octanol–water partition coefficient (Wildman–Crippen LogP) is 1.25. The number of ether oxygens (including phenoxy) is 1. The maximum Gasteiger partial charge on any atom is 0.337 e. The molecule has 0 spiro atoms. The van der Waals surface area contributed by atoms with Gasteiger partial charge in [0.15, 0.2) is 0 Å². The van der Waals surface area contributed by atoms with Crippen LogP contribution >= 0.6 is 0 Å². The summed E-state index contributed by atoms with van der Waals surface area (Å²) in [6.07, 6.45) is 0.997. The summed E-state index contributed by atoms with van der Waals surface area (Å²) in [6, 6.07) is 7.48. The first-order valence-corrected chi connectivity index (χ1v) is 5.73. The van der Waals surface area contributed by atoms with E-state index in [1.54, 1.807) is 12.1 Å². The van der Waals surface area contributed by atoms with E-state index in [-0.39, 0.29) is 5.97 Å². The Morgan fingerprint density at radius 2 is 2.00 bits per heavy atom. The number of benzene rings is 1. The molecule has 0 unspecified atom stereocenters. The molecule has 0 amide bonds.